The molecule has 1 aliphatic rings. The van der Waals surface area contributed by atoms with Gasteiger partial charge in [-0.2, -0.15) is 4.98 Å². The van der Waals surface area contributed by atoms with Crippen LogP contribution in [-0.2, 0) is 6.54 Å². The predicted molar refractivity (Wildman–Crippen MR) is 77.2 cm³/mol. The maximum atomic E-state index is 5.31. The number of hydrogen-bond donors (Lipinski definition) is 2. The molecule has 5 nitrogen and oxygen atoms in total. The van der Waals surface area contributed by atoms with Crippen LogP contribution in [-0.4, -0.2) is 29.3 Å². The molecule has 0 radical (unpaired) electrons. The molecule has 0 spiro atoms. The van der Waals surface area contributed by atoms with Crippen LogP contribution >= 0.6 is 0 Å². The SMILES string of the molecule is Cc1cccc(-c2noc(CN[C@H]3CCCNC3)n2)c1. The van der Waals surface area contributed by atoms with Crippen molar-refractivity contribution in [2.24, 2.45) is 0 Å². The molecular weight excluding hydrogens is 252 g/mol. The molecule has 1 aromatic heterocycles. The van der Waals surface area contributed by atoms with E-state index < -0.39 is 0 Å². The highest BCUT2D eigenvalue weighted by Gasteiger charge is 2.14. The Bertz CT molecular complexity index is 561. The van der Waals surface area contributed by atoms with E-state index in [2.05, 4.69) is 39.8 Å². The van der Waals surface area contributed by atoms with E-state index in [-0.39, 0.29) is 0 Å². The fraction of sp³-hybridized carbons (Fsp3) is 0.467. The zero-order valence-electron chi connectivity index (χ0n) is 11.7. The lowest BCUT2D eigenvalue weighted by molar-refractivity contribution is 0.335. The van der Waals surface area contributed by atoms with Crippen molar-refractivity contribution in [3.8, 4) is 11.4 Å². The molecule has 1 atom stereocenters. The van der Waals surface area contributed by atoms with Crippen molar-refractivity contribution >= 4 is 0 Å². The molecule has 1 saturated heterocycles. The molecule has 0 saturated carbocycles. The third-order valence-corrected chi connectivity index (χ3v) is 3.58. The van der Waals surface area contributed by atoms with Crippen LogP contribution in [0.4, 0.5) is 0 Å². The first kappa shape index (κ1) is 13.3. The number of nitrogens with one attached hydrogen (secondary N) is 2. The summed E-state index contributed by atoms with van der Waals surface area (Å²) in [6.45, 7) is 4.82. The van der Waals surface area contributed by atoms with Crippen LogP contribution in [0, 0.1) is 6.92 Å². The average Bonchev–Trinajstić information content (AvgIpc) is 2.95. The van der Waals surface area contributed by atoms with E-state index in [0.717, 1.165) is 18.7 Å². The summed E-state index contributed by atoms with van der Waals surface area (Å²) in [5.41, 5.74) is 2.19. The molecule has 0 amide bonds. The van der Waals surface area contributed by atoms with Gasteiger partial charge < -0.3 is 15.2 Å². The highest BCUT2D eigenvalue weighted by molar-refractivity contribution is 5.55. The van der Waals surface area contributed by atoms with E-state index in [9.17, 15) is 0 Å². The van der Waals surface area contributed by atoms with Gasteiger partial charge in [0.25, 0.3) is 0 Å². The van der Waals surface area contributed by atoms with Crippen LogP contribution < -0.4 is 10.6 Å². The summed E-state index contributed by atoms with van der Waals surface area (Å²) in [7, 11) is 0. The fourth-order valence-electron chi connectivity index (χ4n) is 2.49. The Kier molecular flexibility index (Phi) is 4.08. The van der Waals surface area contributed by atoms with Gasteiger partial charge in [-0.3, -0.25) is 0 Å². The van der Waals surface area contributed by atoms with Gasteiger partial charge in [0.15, 0.2) is 0 Å². The van der Waals surface area contributed by atoms with Gasteiger partial charge in [0, 0.05) is 18.2 Å². The number of rotatable bonds is 4. The Morgan fingerprint density at radius 3 is 3.20 bits per heavy atom. The Morgan fingerprint density at radius 2 is 2.40 bits per heavy atom. The van der Waals surface area contributed by atoms with E-state index in [1.54, 1.807) is 0 Å². The highest BCUT2D eigenvalue weighted by atomic mass is 16.5. The molecule has 0 aliphatic carbocycles. The van der Waals surface area contributed by atoms with Crippen molar-refractivity contribution in [2.45, 2.75) is 32.4 Å². The molecule has 3 rings (SSSR count). The van der Waals surface area contributed by atoms with Crippen molar-refractivity contribution in [1.29, 1.82) is 0 Å². The molecule has 0 unspecified atom stereocenters. The van der Waals surface area contributed by atoms with E-state index >= 15 is 0 Å². The van der Waals surface area contributed by atoms with Gasteiger partial charge in [-0.25, -0.2) is 0 Å². The summed E-state index contributed by atoms with van der Waals surface area (Å²) < 4.78 is 5.31. The van der Waals surface area contributed by atoms with Gasteiger partial charge in [0.2, 0.25) is 11.7 Å². The molecule has 2 heterocycles. The van der Waals surface area contributed by atoms with Gasteiger partial charge in [0.05, 0.1) is 6.54 Å². The third-order valence-electron chi connectivity index (χ3n) is 3.58. The zero-order valence-corrected chi connectivity index (χ0v) is 11.7. The third kappa shape index (κ3) is 3.23. The minimum atomic E-state index is 0.498. The number of piperidine rings is 1. The summed E-state index contributed by atoms with van der Waals surface area (Å²) in [4.78, 5) is 4.45. The predicted octanol–water partition coefficient (Wildman–Crippen LogP) is 1.89. The normalized spacial score (nSPS) is 19.1. The number of aryl methyl sites for hydroxylation is 1. The van der Waals surface area contributed by atoms with E-state index in [1.165, 1.54) is 18.4 Å². The van der Waals surface area contributed by atoms with Crippen molar-refractivity contribution in [3.63, 3.8) is 0 Å². The average molecular weight is 272 g/mol. The molecule has 1 aromatic carbocycles. The first-order chi connectivity index (χ1) is 9.81. The lowest BCUT2D eigenvalue weighted by Gasteiger charge is -2.22. The lowest BCUT2D eigenvalue weighted by Crippen LogP contribution is -2.42. The summed E-state index contributed by atoms with van der Waals surface area (Å²) in [5.74, 6) is 1.30. The first-order valence-electron chi connectivity index (χ1n) is 7.15. The quantitative estimate of drug-likeness (QED) is 0.890. The van der Waals surface area contributed by atoms with Crippen molar-refractivity contribution < 1.29 is 4.52 Å². The first-order valence-corrected chi connectivity index (χ1v) is 7.15. The van der Waals surface area contributed by atoms with Gasteiger partial charge in [0.1, 0.15) is 0 Å². The van der Waals surface area contributed by atoms with E-state index in [0.29, 0.717) is 24.3 Å². The Balaban J connectivity index is 1.61. The Labute approximate surface area is 118 Å². The van der Waals surface area contributed by atoms with Gasteiger partial charge in [-0.15, -0.1) is 0 Å². The molecule has 0 bridgehead atoms. The minimum absolute atomic E-state index is 0.498. The molecule has 2 aromatic rings. The fourth-order valence-corrected chi connectivity index (χ4v) is 2.49. The molecule has 106 valence electrons. The number of aromatic nitrogens is 2. The molecule has 1 fully saturated rings. The largest absolute Gasteiger partial charge is 0.338 e. The summed E-state index contributed by atoms with van der Waals surface area (Å²) >= 11 is 0. The molecular formula is C15H20N4O. The highest BCUT2D eigenvalue weighted by Crippen LogP contribution is 2.17. The van der Waals surface area contributed by atoms with Crippen LogP contribution in [0.1, 0.15) is 24.3 Å². The second-order valence-electron chi connectivity index (χ2n) is 5.31. The summed E-state index contributed by atoms with van der Waals surface area (Å²) in [6.07, 6.45) is 2.42. The van der Waals surface area contributed by atoms with Crippen LogP contribution in [0.2, 0.25) is 0 Å². The monoisotopic (exact) mass is 272 g/mol. The topological polar surface area (TPSA) is 63.0 Å². The Morgan fingerprint density at radius 1 is 1.45 bits per heavy atom. The van der Waals surface area contributed by atoms with Crippen molar-refractivity contribution in [2.75, 3.05) is 13.1 Å². The molecule has 2 N–H and O–H groups in total. The van der Waals surface area contributed by atoms with E-state index in [1.807, 2.05) is 12.1 Å². The van der Waals surface area contributed by atoms with Crippen LogP contribution in [0.5, 0.6) is 0 Å². The van der Waals surface area contributed by atoms with Crippen LogP contribution in [0.3, 0.4) is 0 Å². The second-order valence-corrected chi connectivity index (χ2v) is 5.31. The van der Waals surface area contributed by atoms with Gasteiger partial charge in [-0.1, -0.05) is 28.9 Å². The smallest absolute Gasteiger partial charge is 0.240 e. The maximum absolute atomic E-state index is 5.31. The number of benzene rings is 1. The standard InChI is InChI=1S/C15H20N4O/c1-11-4-2-5-12(8-11)15-18-14(20-19-15)10-17-13-6-3-7-16-9-13/h2,4-5,8,13,16-17H,3,6-7,9-10H2,1H3/t13-/m0/s1. The Hall–Kier alpha value is -1.72. The molecule has 5 heteroatoms. The minimum Gasteiger partial charge on any atom is -0.338 e. The van der Waals surface area contributed by atoms with Gasteiger partial charge in [-0.05, 0) is 32.4 Å². The van der Waals surface area contributed by atoms with E-state index in [4.69, 9.17) is 4.52 Å². The summed E-state index contributed by atoms with van der Waals surface area (Å²) in [6, 6.07) is 8.63. The van der Waals surface area contributed by atoms with Gasteiger partial charge >= 0.3 is 0 Å². The molecule has 1 aliphatic heterocycles. The molecule has 20 heavy (non-hydrogen) atoms. The number of hydrogen-bond acceptors (Lipinski definition) is 5. The van der Waals surface area contributed by atoms with Crippen molar-refractivity contribution in [3.05, 3.63) is 35.7 Å². The zero-order chi connectivity index (χ0) is 13.8. The van der Waals surface area contributed by atoms with Crippen LogP contribution in [0.25, 0.3) is 11.4 Å². The number of nitrogens with zero attached hydrogens (tertiary/aromatic N) is 2. The summed E-state index contributed by atoms with van der Waals surface area (Å²) in [5, 5.41) is 10.9. The second kappa shape index (κ2) is 6.15. The van der Waals surface area contributed by atoms with Crippen molar-refractivity contribution in [1.82, 2.24) is 20.8 Å². The lowest BCUT2D eigenvalue weighted by atomic mass is 10.1. The van der Waals surface area contributed by atoms with Crippen LogP contribution in [0.15, 0.2) is 28.8 Å². The maximum Gasteiger partial charge on any atom is 0.240 e.